The Kier molecular flexibility index (Phi) is 6.21. The maximum absolute atomic E-state index is 12.1. The van der Waals surface area contributed by atoms with Gasteiger partial charge in [0.25, 0.3) is 0 Å². The van der Waals surface area contributed by atoms with Crippen molar-refractivity contribution in [3.63, 3.8) is 0 Å². The molecule has 1 saturated heterocycles. The summed E-state index contributed by atoms with van der Waals surface area (Å²) in [4.78, 5) is 16.9. The van der Waals surface area contributed by atoms with Gasteiger partial charge in [-0.1, -0.05) is 37.3 Å². The van der Waals surface area contributed by atoms with Gasteiger partial charge in [0.2, 0.25) is 5.91 Å². The Balaban J connectivity index is 1.73. The van der Waals surface area contributed by atoms with Crippen LogP contribution in [-0.2, 0) is 4.79 Å². The number of hydrogen-bond acceptors (Lipinski definition) is 3. The van der Waals surface area contributed by atoms with E-state index in [0.717, 1.165) is 31.7 Å². The predicted octanol–water partition coefficient (Wildman–Crippen LogP) is 1.89. The van der Waals surface area contributed by atoms with Gasteiger partial charge in [-0.15, -0.1) is 0 Å². The predicted molar refractivity (Wildman–Crippen MR) is 86.2 cm³/mol. The molecule has 0 aliphatic carbocycles. The maximum Gasteiger partial charge on any atom is 0.234 e. The van der Waals surface area contributed by atoms with Crippen LogP contribution in [0.25, 0.3) is 0 Å². The van der Waals surface area contributed by atoms with E-state index in [1.807, 2.05) is 25.1 Å². The first-order valence-electron chi connectivity index (χ1n) is 7.98. The van der Waals surface area contributed by atoms with E-state index in [0.29, 0.717) is 6.54 Å². The van der Waals surface area contributed by atoms with Crippen molar-refractivity contribution in [2.75, 3.05) is 39.3 Å². The van der Waals surface area contributed by atoms with E-state index in [1.54, 1.807) is 0 Å². The average molecular weight is 289 g/mol. The molecule has 1 N–H and O–H groups in total. The number of hydrogen-bond donors (Lipinski definition) is 1. The zero-order valence-corrected chi connectivity index (χ0v) is 13.2. The SMILES string of the molecule is CCCN1CCN(CC(=O)N[C@H](C)c2ccccc2)CC1. The molecule has 0 radical (unpaired) electrons. The fraction of sp³-hybridized carbons (Fsp3) is 0.588. The first-order chi connectivity index (χ1) is 10.2. The Labute approximate surface area is 128 Å². The molecular weight excluding hydrogens is 262 g/mol. The van der Waals surface area contributed by atoms with E-state index in [2.05, 4.69) is 34.2 Å². The standard InChI is InChI=1S/C17H27N3O/c1-3-9-19-10-12-20(13-11-19)14-17(21)18-15(2)16-7-5-4-6-8-16/h4-8,15H,3,9-14H2,1-2H3,(H,18,21)/t15-/m1/s1. The second-order valence-electron chi connectivity index (χ2n) is 5.82. The van der Waals surface area contributed by atoms with E-state index in [-0.39, 0.29) is 11.9 Å². The summed E-state index contributed by atoms with van der Waals surface area (Å²) in [5.41, 5.74) is 1.15. The van der Waals surface area contributed by atoms with Crippen LogP contribution in [0, 0.1) is 0 Å². The highest BCUT2D eigenvalue weighted by molar-refractivity contribution is 5.78. The smallest absolute Gasteiger partial charge is 0.234 e. The van der Waals surface area contributed by atoms with E-state index in [1.165, 1.54) is 13.0 Å². The van der Waals surface area contributed by atoms with Gasteiger partial charge >= 0.3 is 0 Å². The summed E-state index contributed by atoms with van der Waals surface area (Å²) in [6.45, 7) is 10.1. The summed E-state index contributed by atoms with van der Waals surface area (Å²) in [6, 6.07) is 10.2. The van der Waals surface area contributed by atoms with Crippen LogP contribution in [0.2, 0.25) is 0 Å². The number of rotatable bonds is 6. The average Bonchev–Trinajstić information content (AvgIpc) is 2.50. The summed E-state index contributed by atoms with van der Waals surface area (Å²) in [7, 11) is 0. The van der Waals surface area contributed by atoms with Crippen molar-refractivity contribution in [2.45, 2.75) is 26.3 Å². The third-order valence-corrected chi connectivity index (χ3v) is 4.05. The first-order valence-corrected chi connectivity index (χ1v) is 7.98. The van der Waals surface area contributed by atoms with Crippen molar-refractivity contribution in [3.05, 3.63) is 35.9 Å². The van der Waals surface area contributed by atoms with Crippen molar-refractivity contribution < 1.29 is 4.79 Å². The van der Waals surface area contributed by atoms with E-state index in [9.17, 15) is 4.79 Å². The summed E-state index contributed by atoms with van der Waals surface area (Å²) in [5.74, 6) is 0.121. The van der Waals surface area contributed by atoms with Gasteiger partial charge in [0, 0.05) is 26.2 Å². The highest BCUT2D eigenvalue weighted by Crippen LogP contribution is 2.11. The summed E-state index contributed by atoms with van der Waals surface area (Å²) in [6.07, 6.45) is 1.20. The minimum absolute atomic E-state index is 0.0695. The number of carbonyl (C=O) groups is 1. The van der Waals surface area contributed by atoms with Crippen LogP contribution in [0.3, 0.4) is 0 Å². The Morgan fingerprint density at radius 1 is 1.14 bits per heavy atom. The lowest BCUT2D eigenvalue weighted by molar-refractivity contribution is -0.123. The van der Waals surface area contributed by atoms with Gasteiger partial charge < -0.3 is 10.2 Å². The molecule has 1 aromatic rings. The van der Waals surface area contributed by atoms with Crippen LogP contribution in [0.4, 0.5) is 0 Å². The first kappa shape index (κ1) is 16.0. The van der Waals surface area contributed by atoms with Gasteiger partial charge in [0.1, 0.15) is 0 Å². The summed E-state index contributed by atoms with van der Waals surface area (Å²) < 4.78 is 0. The largest absolute Gasteiger partial charge is 0.348 e. The molecule has 0 bridgehead atoms. The number of benzene rings is 1. The molecule has 21 heavy (non-hydrogen) atoms. The number of carbonyl (C=O) groups excluding carboxylic acids is 1. The van der Waals surface area contributed by atoms with Crippen LogP contribution < -0.4 is 5.32 Å². The van der Waals surface area contributed by atoms with Gasteiger partial charge in [-0.25, -0.2) is 0 Å². The van der Waals surface area contributed by atoms with Gasteiger partial charge in [-0.05, 0) is 25.5 Å². The van der Waals surface area contributed by atoms with Crippen LogP contribution >= 0.6 is 0 Å². The Morgan fingerprint density at radius 2 is 1.76 bits per heavy atom. The molecule has 0 saturated carbocycles. The number of piperazine rings is 1. The third kappa shape index (κ3) is 5.14. The monoisotopic (exact) mass is 289 g/mol. The molecule has 1 aliphatic heterocycles. The lowest BCUT2D eigenvalue weighted by Crippen LogP contribution is -2.49. The van der Waals surface area contributed by atoms with Crippen molar-refractivity contribution in [3.8, 4) is 0 Å². The normalized spacial score (nSPS) is 18.4. The minimum atomic E-state index is 0.0695. The summed E-state index contributed by atoms with van der Waals surface area (Å²) >= 11 is 0. The molecule has 0 unspecified atom stereocenters. The minimum Gasteiger partial charge on any atom is -0.348 e. The van der Waals surface area contributed by atoms with Gasteiger partial charge in [0.15, 0.2) is 0 Å². The molecule has 2 rings (SSSR count). The molecule has 1 aromatic carbocycles. The molecule has 1 aliphatic rings. The number of nitrogens with one attached hydrogen (secondary N) is 1. The Hall–Kier alpha value is -1.39. The molecule has 1 fully saturated rings. The molecule has 1 atom stereocenters. The number of nitrogens with zero attached hydrogens (tertiary/aromatic N) is 2. The van der Waals surface area contributed by atoms with Crippen molar-refractivity contribution in [2.24, 2.45) is 0 Å². The van der Waals surface area contributed by atoms with Gasteiger partial charge in [-0.3, -0.25) is 9.69 Å². The third-order valence-electron chi connectivity index (χ3n) is 4.05. The second-order valence-corrected chi connectivity index (χ2v) is 5.82. The zero-order chi connectivity index (χ0) is 15.1. The number of amides is 1. The summed E-state index contributed by atoms with van der Waals surface area (Å²) in [5, 5.41) is 3.09. The van der Waals surface area contributed by atoms with Gasteiger partial charge in [0.05, 0.1) is 12.6 Å². The molecule has 4 heteroatoms. The molecule has 116 valence electrons. The second kappa shape index (κ2) is 8.15. The van der Waals surface area contributed by atoms with Crippen LogP contribution in [0.5, 0.6) is 0 Å². The lowest BCUT2D eigenvalue weighted by atomic mass is 10.1. The fourth-order valence-corrected chi connectivity index (χ4v) is 2.80. The van der Waals surface area contributed by atoms with Crippen LogP contribution in [0.15, 0.2) is 30.3 Å². The highest BCUT2D eigenvalue weighted by Gasteiger charge is 2.19. The Morgan fingerprint density at radius 3 is 2.38 bits per heavy atom. The zero-order valence-electron chi connectivity index (χ0n) is 13.2. The quantitative estimate of drug-likeness (QED) is 0.869. The maximum atomic E-state index is 12.1. The molecular formula is C17H27N3O. The van der Waals surface area contributed by atoms with E-state index in [4.69, 9.17) is 0 Å². The fourth-order valence-electron chi connectivity index (χ4n) is 2.80. The molecule has 1 heterocycles. The molecule has 4 nitrogen and oxygen atoms in total. The van der Waals surface area contributed by atoms with Crippen molar-refractivity contribution >= 4 is 5.91 Å². The van der Waals surface area contributed by atoms with Gasteiger partial charge in [-0.2, -0.15) is 0 Å². The molecule has 0 spiro atoms. The van der Waals surface area contributed by atoms with E-state index >= 15 is 0 Å². The lowest BCUT2D eigenvalue weighted by Gasteiger charge is -2.34. The topological polar surface area (TPSA) is 35.6 Å². The Bertz CT molecular complexity index is 427. The van der Waals surface area contributed by atoms with E-state index < -0.39 is 0 Å². The molecule has 0 aromatic heterocycles. The van der Waals surface area contributed by atoms with Crippen molar-refractivity contribution in [1.82, 2.24) is 15.1 Å². The molecule has 1 amide bonds. The van der Waals surface area contributed by atoms with Crippen LogP contribution in [0.1, 0.15) is 31.9 Å². The van der Waals surface area contributed by atoms with Crippen LogP contribution in [-0.4, -0.2) is 55.0 Å². The highest BCUT2D eigenvalue weighted by atomic mass is 16.2. The van der Waals surface area contributed by atoms with Crippen molar-refractivity contribution in [1.29, 1.82) is 0 Å².